The number of aryl methyl sites for hydroxylation is 2. The van der Waals surface area contributed by atoms with Crippen LogP contribution in [0.2, 0.25) is 0 Å². The van der Waals surface area contributed by atoms with Gasteiger partial charge in [0, 0.05) is 28.0 Å². The summed E-state index contributed by atoms with van der Waals surface area (Å²) >= 11 is 0. The normalized spacial score (nSPS) is 30.8. The minimum absolute atomic E-state index is 0.155. The van der Waals surface area contributed by atoms with Crippen LogP contribution in [0.5, 0.6) is 17.2 Å². The molecule has 3 heterocycles. The molecular weight excluding hydrogens is 424 g/mol. The Hall–Kier alpha value is -2.62. The predicted octanol–water partition coefficient (Wildman–Crippen LogP) is 7.55. The second-order valence-corrected chi connectivity index (χ2v) is 11.6. The summed E-state index contributed by atoms with van der Waals surface area (Å²) in [6.07, 6.45) is 7.09. The van der Waals surface area contributed by atoms with E-state index >= 15 is 0 Å². The molecule has 0 saturated heterocycles. The molecule has 0 radical (unpaired) electrons. The van der Waals surface area contributed by atoms with Crippen LogP contribution in [-0.2, 0) is 12.0 Å². The zero-order valence-corrected chi connectivity index (χ0v) is 21.1. The zero-order valence-electron chi connectivity index (χ0n) is 21.1. The number of rotatable bonds is 0. The summed E-state index contributed by atoms with van der Waals surface area (Å²) in [7, 11) is 0. The van der Waals surface area contributed by atoms with E-state index in [4.69, 9.17) is 13.9 Å². The standard InChI is InChI=1S/C30H34O4/c1-13-8-7-9-18-20(13)17(5)24-28(25(18)31)33-29-19-11-10-14(2)21-16(4)22-15(3)12-32-26(22)27(23(19)21)34-30(24,29)6/h12-14,19,29,31H,7-11H2,1-6H3/t13-,14-,19-,29+,30+/m0/s1. The van der Waals surface area contributed by atoms with Crippen molar-refractivity contribution in [1.82, 2.24) is 0 Å². The minimum Gasteiger partial charge on any atom is -0.504 e. The molecule has 0 saturated carbocycles. The van der Waals surface area contributed by atoms with Gasteiger partial charge in [0.05, 0.1) is 6.26 Å². The molecule has 0 bridgehead atoms. The molecule has 1 aromatic heterocycles. The first-order valence-electron chi connectivity index (χ1n) is 13.0. The minimum atomic E-state index is -0.665. The van der Waals surface area contributed by atoms with Crippen molar-refractivity contribution in [2.24, 2.45) is 0 Å². The van der Waals surface area contributed by atoms with E-state index in [0.29, 0.717) is 23.3 Å². The van der Waals surface area contributed by atoms with Gasteiger partial charge < -0.3 is 19.0 Å². The van der Waals surface area contributed by atoms with E-state index in [0.717, 1.165) is 60.1 Å². The quantitative estimate of drug-likeness (QED) is 0.378. The summed E-state index contributed by atoms with van der Waals surface area (Å²) in [5.41, 5.74) is 10.1. The summed E-state index contributed by atoms with van der Waals surface area (Å²) in [4.78, 5) is 0. The van der Waals surface area contributed by atoms with Crippen molar-refractivity contribution < 1.29 is 19.0 Å². The maximum absolute atomic E-state index is 11.5. The fraction of sp³-hybridized carbons (Fsp3) is 0.533. The van der Waals surface area contributed by atoms with Crippen molar-refractivity contribution in [3.05, 3.63) is 50.8 Å². The highest BCUT2D eigenvalue weighted by Crippen LogP contribution is 2.63. The van der Waals surface area contributed by atoms with E-state index in [1.165, 1.54) is 33.2 Å². The molecule has 5 atom stereocenters. The molecule has 2 aromatic carbocycles. The Balaban J connectivity index is 1.53. The lowest BCUT2D eigenvalue weighted by Gasteiger charge is -2.46. The van der Waals surface area contributed by atoms with Crippen LogP contribution in [0.4, 0.5) is 0 Å². The fourth-order valence-electron chi connectivity index (χ4n) is 8.23. The van der Waals surface area contributed by atoms with Gasteiger partial charge in [0.25, 0.3) is 0 Å². The van der Waals surface area contributed by atoms with Gasteiger partial charge in [-0.25, -0.2) is 0 Å². The third-order valence-electron chi connectivity index (χ3n) is 9.62. The van der Waals surface area contributed by atoms with Crippen LogP contribution in [0.3, 0.4) is 0 Å². The molecule has 0 fully saturated rings. The summed E-state index contributed by atoms with van der Waals surface area (Å²) < 4.78 is 20.0. The summed E-state index contributed by atoms with van der Waals surface area (Å²) in [6.45, 7) is 13.4. The first kappa shape index (κ1) is 20.7. The number of hydrogen-bond donors (Lipinski definition) is 1. The van der Waals surface area contributed by atoms with Gasteiger partial charge in [-0.3, -0.25) is 0 Å². The van der Waals surface area contributed by atoms with Crippen LogP contribution in [0, 0.1) is 20.8 Å². The Kier molecular flexibility index (Phi) is 3.98. The van der Waals surface area contributed by atoms with Gasteiger partial charge in [-0.2, -0.15) is 0 Å². The average Bonchev–Trinajstić information content (AvgIpc) is 3.34. The number of aromatic hydroxyl groups is 1. The van der Waals surface area contributed by atoms with Gasteiger partial charge in [-0.1, -0.05) is 13.8 Å². The van der Waals surface area contributed by atoms with Crippen molar-refractivity contribution >= 4 is 11.0 Å². The molecule has 1 N–H and O–H groups in total. The third-order valence-corrected chi connectivity index (χ3v) is 9.62. The van der Waals surface area contributed by atoms with Crippen molar-refractivity contribution in [2.75, 3.05) is 0 Å². The van der Waals surface area contributed by atoms with E-state index in [9.17, 15) is 5.11 Å². The molecule has 4 aliphatic rings. The molecule has 0 spiro atoms. The SMILES string of the molecule is Cc1c2c(c(O)c3c1[C@@]1(C)Oc4c5c(c(C)c6c(C)coc46)[C@@H](C)CC[C@@H]5[C@H]1O3)CCC[C@@H]2C. The van der Waals surface area contributed by atoms with Crippen molar-refractivity contribution in [3.8, 4) is 17.2 Å². The predicted molar refractivity (Wildman–Crippen MR) is 133 cm³/mol. The molecule has 4 heteroatoms. The highest BCUT2D eigenvalue weighted by atomic mass is 16.6. The van der Waals surface area contributed by atoms with Crippen LogP contribution >= 0.6 is 0 Å². The lowest BCUT2D eigenvalue weighted by Crippen LogP contribution is -2.49. The Morgan fingerprint density at radius 3 is 2.50 bits per heavy atom. The Bertz CT molecular complexity index is 1400. The number of phenols is 1. The van der Waals surface area contributed by atoms with Crippen LogP contribution in [-0.4, -0.2) is 11.2 Å². The molecule has 2 aliphatic carbocycles. The number of fused-ring (bicyclic) bond motifs is 7. The van der Waals surface area contributed by atoms with Crippen molar-refractivity contribution in [3.63, 3.8) is 0 Å². The van der Waals surface area contributed by atoms with Gasteiger partial charge in [-0.05, 0) is 99.5 Å². The van der Waals surface area contributed by atoms with E-state index in [1.54, 1.807) is 0 Å². The summed E-state index contributed by atoms with van der Waals surface area (Å²) in [5, 5.41) is 12.7. The largest absolute Gasteiger partial charge is 0.504 e. The van der Waals surface area contributed by atoms with E-state index < -0.39 is 5.60 Å². The number of phenolic OH excluding ortho intramolecular Hbond substituents is 1. The molecule has 0 unspecified atom stereocenters. The summed E-state index contributed by atoms with van der Waals surface area (Å²) in [6, 6.07) is 0. The number of furan rings is 1. The second kappa shape index (κ2) is 6.53. The highest BCUT2D eigenvalue weighted by Gasteiger charge is 2.59. The molecule has 0 amide bonds. The lowest BCUT2D eigenvalue weighted by molar-refractivity contribution is -0.0376. The Morgan fingerprint density at radius 1 is 0.941 bits per heavy atom. The molecule has 7 rings (SSSR count). The van der Waals surface area contributed by atoms with Crippen LogP contribution in [0.25, 0.3) is 11.0 Å². The fourth-order valence-corrected chi connectivity index (χ4v) is 8.23. The smallest absolute Gasteiger partial charge is 0.176 e. The van der Waals surface area contributed by atoms with Crippen molar-refractivity contribution in [2.45, 2.75) is 103 Å². The second-order valence-electron chi connectivity index (χ2n) is 11.6. The van der Waals surface area contributed by atoms with Gasteiger partial charge in [-0.15, -0.1) is 0 Å². The molecule has 3 aromatic rings. The van der Waals surface area contributed by atoms with E-state index in [1.807, 2.05) is 6.26 Å². The lowest BCUT2D eigenvalue weighted by atomic mass is 9.67. The first-order valence-corrected chi connectivity index (χ1v) is 13.0. The van der Waals surface area contributed by atoms with Gasteiger partial charge >= 0.3 is 0 Å². The maximum atomic E-state index is 11.5. The number of ether oxygens (including phenoxy) is 2. The molecular formula is C30H34O4. The van der Waals surface area contributed by atoms with Crippen molar-refractivity contribution in [1.29, 1.82) is 0 Å². The first-order chi connectivity index (χ1) is 16.2. The molecule has 2 aliphatic heterocycles. The summed E-state index contributed by atoms with van der Waals surface area (Å²) in [5.74, 6) is 3.04. The molecule has 34 heavy (non-hydrogen) atoms. The molecule has 4 nitrogen and oxygen atoms in total. The Morgan fingerprint density at radius 2 is 1.71 bits per heavy atom. The Labute approximate surface area is 201 Å². The van der Waals surface area contributed by atoms with Gasteiger partial charge in [0.1, 0.15) is 6.10 Å². The van der Waals surface area contributed by atoms with Crippen LogP contribution < -0.4 is 9.47 Å². The van der Waals surface area contributed by atoms with E-state index in [-0.39, 0.29) is 12.0 Å². The number of benzene rings is 2. The topological polar surface area (TPSA) is 51.8 Å². The van der Waals surface area contributed by atoms with Gasteiger partial charge in [0.2, 0.25) is 0 Å². The van der Waals surface area contributed by atoms with Crippen LogP contribution in [0.1, 0.15) is 109 Å². The molecule has 178 valence electrons. The highest BCUT2D eigenvalue weighted by molar-refractivity contribution is 5.93. The van der Waals surface area contributed by atoms with Crippen LogP contribution in [0.15, 0.2) is 10.7 Å². The third kappa shape index (κ3) is 2.26. The number of hydrogen-bond acceptors (Lipinski definition) is 4. The maximum Gasteiger partial charge on any atom is 0.176 e. The van der Waals surface area contributed by atoms with Gasteiger partial charge in [0.15, 0.2) is 28.4 Å². The zero-order chi connectivity index (χ0) is 23.7. The van der Waals surface area contributed by atoms with E-state index in [2.05, 4.69) is 41.5 Å². The average molecular weight is 459 g/mol. The monoisotopic (exact) mass is 458 g/mol.